The number of carbonyl (C=O) groups is 2. The lowest BCUT2D eigenvalue weighted by Gasteiger charge is -2.37. The van der Waals surface area contributed by atoms with Crippen LogP contribution in [0, 0.1) is 11.8 Å². The van der Waals surface area contributed by atoms with Crippen molar-refractivity contribution in [1.29, 1.82) is 0 Å². The molecule has 1 aromatic rings. The minimum atomic E-state index is -4.49. The number of fused-ring (bicyclic) bond motifs is 1. The molecule has 2 saturated heterocycles. The summed E-state index contributed by atoms with van der Waals surface area (Å²) in [4.78, 5) is 34.2. The fourth-order valence-corrected chi connectivity index (χ4v) is 4.41. The summed E-state index contributed by atoms with van der Waals surface area (Å²) in [6.07, 6.45) is 1.42. The SMILES string of the molecule is O=C1[C@@H]2CC=CC[C@H]2C(=O)N1CN1CCN(c2ncc(C(F)(F)F)cc2Cl)CC1. The Hall–Kier alpha value is -2.13. The van der Waals surface area contributed by atoms with Gasteiger partial charge in [-0.05, 0) is 18.9 Å². The predicted molar refractivity (Wildman–Crippen MR) is 100 cm³/mol. The van der Waals surface area contributed by atoms with Crippen LogP contribution in [0.25, 0.3) is 0 Å². The maximum atomic E-state index is 12.8. The van der Waals surface area contributed by atoms with E-state index in [0.717, 1.165) is 12.3 Å². The van der Waals surface area contributed by atoms with Crippen molar-refractivity contribution in [3.05, 3.63) is 35.0 Å². The molecule has 1 aliphatic carbocycles. The Bertz CT molecular complexity index is 826. The molecule has 2 atom stereocenters. The molecule has 0 spiro atoms. The Balaban J connectivity index is 1.37. The first-order valence-corrected chi connectivity index (χ1v) is 9.84. The third-order valence-corrected chi connectivity index (χ3v) is 6.04. The van der Waals surface area contributed by atoms with E-state index in [1.165, 1.54) is 4.90 Å². The van der Waals surface area contributed by atoms with E-state index in [9.17, 15) is 22.8 Å². The summed E-state index contributed by atoms with van der Waals surface area (Å²) in [5, 5.41) is -0.0465. The van der Waals surface area contributed by atoms with Gasteiger partial charge in [0, 0.05) is 32.4 Å². The largest absolute Gasteiger partial charge is 0.417 e. The van der Waals surface area contributed by atoms with Crippen molar-refractivity contribution in [2.45, 2.75) is 19.0 Å². The lowest BCUT2D eigenvalue weighted by atomic mass is 9.85. The molecule has 6 nitrogen and oxygen atoms in total. The Labute approximate surface area is 170 Å². The van der Waals surface area contributed by atoms with Crippen LogP contribution in [0.15, 0.2) is 24.4 Å². The van der Waals surface area contributed by atoms with Gasteiger partial charge in [0.15, 0.2) is 0 Å². The number of amides is 2. The summed E-state index contributed by atoms with van der Waals surface area (Å²) in [5.74, 6) is -0.406. The molecule has 2 aliphatic heterocycles. The second-order valence-electron chi connectivity index (χ2n) is 7.53. The van der Waals surface area contributed by atoms with Crippen molar-refractivity contribution >= 4 is 29.2 Å². The number of nitrogens with zero attached hydrogens (tertiary/aromatic N) is 4. The number of hydrogen-bond acceptors (Lipinski definition) is 5. The number of alkyl halides is 3. The van der Waals surface area contributed by atoms with Gasteiger partial charge in [-0.15, -0.1) is 0 Å². The van der Waals surface area contributed by atoms with Crippen molar-refractivity contribution < 1.29 is 22.8 Å². The quantitative estimate of drug-likeness (QED) is 0.547. The molecular weight excluding hydrogens is 409 g/mol. The van der Waals surface area contributed by atoms with Crippen molar-refractivity contribution in [3.63, 3.8) is 0 Å². The number of aromatic nitrogens is 1. The Morgan fingerprint density at radius 3 is 2.14 bits per heavy atom. The molecule has 0 bridgehead atoms. The molecule has 0 N–H and O–H groups in total. The van der Waals surface area contributed by atoms with E-state index in [1.807, 2.05) is 22.0 Å². The fourth-order valence-electron chi connectivity index (χ4n) is 4.13. The molecule has 2 amide bonds. The average molecular weight is 429 g/mol. The van der Waals surface area contributed by atoms with Crippen LogP contribution >= 0.6 is 11.6 Å². The summed E-state index contributed by atoms with van der Waals surface area (Å²) >= 11 is 6.03. The van der Waals surface area contributed by atoms with Gasteiger partial charge < -0.3 is 4.90 Å². The first-order chi connectivity index (χ1) is 13.8. The third-order valence-electron chi connectivity index (χ3n) is 5.76. The Morgan fingerprint density at radius 1 is 1.03 bits per heavy atom. The van der Waals surface area contributed by atoms with E-state index in [0.29, 0.717) is 44.8 Å². The van der Waals surface area contributed by atoms with Crippen molar-refractivity contribution in [1.82, 2.24) is 14.8 Å². The Kier molecular flexibility index (Phi) is 5.29. The van der Waals surface area contributed by atoms with Crippen molar-refractivity contribution in [2.24, 2.45) is 11.8 Å². The number of piperazine rings is 1. The zero-order valence-electron chi connectivity index (χ0n) is 15.5. The molecule has 0 radical (unpaired) electrons. The number of carbonyl (C=O) groups excluding carboxylic acids is 2. The number of halogens is 4. The van der Waals surface area contributed by atoms with Crippen molar-refractivity contribution in [2.75, 3.05) is 37.7 Å². The summed E-state index contributed by atoms with van der Waals surface area (Å²) < 4.78 is 38.3. The fraction of sp³-hybridized carbons (Fsp3) is 0.526. The molecule has 3 heterocycles. The molecule has 0 unspecified atom stereocenters. The number of anilines is 1. The van der Waals surface area contributed by atoms with Crippen LogP contribution in [0.4, 0.5) is 19.0 Å². The lowest BCUT2D eigenvalue weighted by Crippen LogP contribution is -2.51. The third kappa shape index (κ3) is 3.85. The van der Waals surface area contributed by atoms with E-state index >= 15 is 0 Å². The average Bonchev–Trinajstić information content (AvgIpc) is 2.93. The maximum Gasteiger partial charge on any atom is 0.417 e. The van der Waals surface area contributed by atoms with Gasteiger partial charge in [0.25, 0.3) is 0 Å². The minimum absolute atomic E-state index is 0.0465. The molecule has 0 saturated carbocycles. The highest BCUT2D eigenvalue weighted by Gasteiger charge is 2.47. The molecule has 0 aromatic carbocycles. The highest BCUT2D eigenvalue weighted by molar-refractivity contribution is 6.33. The molecule has 3 aliphatic rings. The van der Waals surface area contributed by atoms with Crippen LogP contribution in [-0.4, -0.2) is 59.4 Å². The highest BCUT2D eigenvalue weighted by atomic mass is 35.5. The first-order valence-electron chi connectivity index (χ1n) is 9.46. The molecular formula is C19H20ClF3N4O2. The molecule has 4 rings (SSSR count). The molecule has 29 heavy (non-hydrogen) atoms. The van der Waals surface area contributed by atoms with Crippen LogP contribution < -0.4 is 4.90 Å². The van der Waals surface area contributed by atoms with E-state index in [1.54, 1.807) is 0 Å². The van der Waals surface area contributed by atoms with Gasteiger partial charge in [-0.2, -0.15) is 13.2 Å². The van der Waals surface area contributed by atoms with Gasteiger partial charge in [0.05, 0.1) is 29.1 Å². The molecule has 10 heteroatoms. The second-order valence-corrected chi connectivity index (χ2v) is 7.94. The number of rotatable bonds is 3. The summed E-state index contributed by atoms with van der Waals surface area (Å²) in [6, 6.07) is 0.883. The lowest BCUT2D eigenvalue weighted by molar-refractivity contribution is -0.142. The van der Waals surface area contributed by atoms with E-state index < -0.39 is 11.7 Å². The monoisotopic (exact) mass is 428 g/mol. The van der Waals surface area contributed by atoms with E-state index in [4.69, 9.17) is 11.6 Å². The standard InChI is InChI=1S/C19H20ClF3N4O2/c20-15-9-12(19(21,22)23)10-24-16(15)26-7-5-25(6-8-26)11-27-17(28)13-3-1-2-4-14(13)18(27)29/h1-2,9-10,13-14H,3-8,11H2/t13-,14-/m1/s1. The van der Waals surface area contributed by atoms with Gasteiger partial charge in [0.1, 0.15) is 5.82 Å². The number of imide groups is 1. The predicted octanol–water partition coefficient (Wildman–Crippen LogP) is 2.78. The van der Waals surface area contributed by atoms with Crippen LogP contribution in [-0.2, 0) is 15.8 Å². The molecule has 2 fully saturated rings. The smallest absolute Gasteiger partial charge is 0.353 e. The molecule has 1 aromatic heterocycles. The van der Waals surface area contributed by atoms with Crippen LogP contribution in [0.5, 0.6) is 0 Å². The van der Waals surface area contributed by atoms with Gasteiger partial charge in [0.2, 0.25) is 11.8 Å². The zero-order valence-corrected chi connectivity index (χ0v) is 16.3. The van der Waals surface area contributed by atoms with Crippen molar-refractivity contribution in [3.8, 4) is 0 Å². The number of allylic oxidation sites excluding steroid dienone is 2. The summed E-state index contributed by atoms with van der Waals surface area (Å²) in [5.41, 5.74) is -0.882. The number of likely N-dealkylation sites (tertiary alicyclic amines) is 1. The van der Waals surface area contributed by atoms with Crippen LogP contribution in [0.2, 0.25) is 5.02 Å². The van der Waals surface area contributed by atoms with E-state index in [-0.39, 0.29) is 35.3 Å². The van der Waals surface area contributed by atoms with Gasteiger partial charge in [-0.1, -0.05) is 23.8 Å². The molecule has 156 valence electrons. The van der Waals surface area contributed by atoms with Gasteiger partial charge in [-0.25, -0.2) is 4.98 Å². The Morgan fingerprint density at radius 2 is 1.62 bits per heavy atom. The van der Waals surface area contributed by atoms with Crippen LogP contribution in [0.1, 0.15) is 18.4 Å². The normalized spacial score (nSPS) is 25.7. The summed E-state index contributed by atoms with van der Waals surface area (Å²) in [7, 11) is 0. The highest BCUT2D eigenvalue weighted by Crippen LogP contribution is 2.36. The van der Waals surface area contributed by atoms with Gasteiger partial charge >= 0.3 is 6.18 Å². The number of pyridine rings is 1. The topological polar surface area (TPSA) is 56.8 Å². The van der Waals surface area contributed by atoms with Gasteiger partial charge in [-0.3, -0.25) is 19.4 Å². The maximum absolute atomic E-state index is 12.8. The van der Waals surface area contributed by atoms with E-state index in [2.05, 4.69) is 4.98 Å². The summed E-state index contributed by atoms with van der Waals surface area (Å²) in [6.45, 7) is 2.31. The number of hydrogen-bond donors (Lipinski definition) is 0. The minimum Gasteiger partial charge on any atom is -0.353 e. The van der Waals surface area contributed by atoms with Crippen LogP contribution in [0.3, 0.4) is 0 Å². The second kappa shape index (κ2) is 7.60. The first kappa shape index (κ1) is 20.2. The zero-order chi connectivity index (χ0) is 20.8.